The van der Waals surface area contributed by atoms with Crippen LogP contribution >= 0.6 is 22.3 Å². The smallest absolute Gasteiger partial charge is 0.262 e. The number of halogens is 2. The number of rotatable bonds is 1. The first-order valence-corrected chi connectivity index (χ1v) is 8.49. The molecule has 1 aromatic carbocycles. The molecule has 0 N–H and O–H groups in total. The summed E-state index contributed by atoms with van der Waals surface area (Å²) in [6.07, 6.45) is 1.27. The van der Waals surface area contributed by atoms with E-state index < -0.39 is 9.05 Å². The molecule has 1 aromatic rings. The molecular weight excluding hydrogens is 309 g/mol. The van der Waals surface area contributed by atoms with Crippen molar-refractivity contribution in [1.82, 2.24) is 4.90 Å². The van der Waals surface area contributed by atoms with Crippen LogP contribution in [0.2, 0.25) is 5.02 Å². The van der Waals surface area contributed by atoms with Crippen LogP contribution in [0, 0.1) is 0 Å². The summed E-state index contributed by atoms with van der Waals surface area (Å²) in [6.45, 7) is 2.72. The van der Waals surface area contributed by atoms with Crippen molar-refractivity contribution < 1.29 is 13.2 Å². The van der Waals surface area contributed by atoms with Crippen molar-refractivity contribution in [2.24, 2.45) is 0 Å². The average molecular weight is 322 g/mol. The molecule has 1 aliphatic rings. The van der Waals surface area contributed by atoms with E-state index in [0.717, 1.165) is 11.1 Å². The second-order valence-corrected chi connectivity index (χ2v) is 7.44. The number of hydrogen-bond acceptors (Lipinski definition) is 3. The lowest BCUT2D eigenvalue weighted by atomic mass is 10.0. The summed E-state index contributed by atoms with van der Waals surface area (Å²) in [5.41, 5.74) is 1.85. The van der Waals surface area contributed by atoms with Crippen molar-refractivity contribution in [2.45, 2.75) is 24.7 Å². The zero-order chi connectivity index (χ0) is 14.2. The fraction of sp³-hybridized carbons (Fsp3) is 0.417. The molecular formula is C12H13Cl2NO3S. The minimum absolute atomic E-state index is 0.0177. The predicted molar refractivity (Wildman–Crippen MR) is 74.2 cm³/mol. The first-order valence-electron chi connectivity index (χ1n) is 5.80. The van der Waals surface area contributed by atoms with Crippen LogP contribution in [0.25, 0.3) is 0 Å². The van der Waals surface area contributed by atoms with Gasteiger partial charge in [0.2, 0.25) is 5.91 Å². The number of carbonyl (C=O) groups excluding carboxylic acids is 1. The summed E-state index contributed by atoms with van der Waals surface area (Å²) in [5.74, 6) is 0.0177. The lowest BCUT2D eigenvalue weighted by molar-refractivity contribution is -0.128. The Hall–Kier alpha value is -0.780. The lowest BCUT2D eigenvalue weighted by Gasteiger charge is -2.17. The van der Waals surface area contributed by atoms with Crippen LogP contribution in [-0.2, 0) is 26.7 Å². The van der Waals surface area contributed by atoms with Gasteiger partial charge in [-0.3, -0.25) is 4.79 Å². The van der Waals surface area contributed by atoms with E-state index in [0.29, 0.717) is 25.9 Å². The van der Waals surface area contributed by atoms with Gasteiger partial charge in [-0.15, -0.1) is 0 Å². The number of fused-ring (bicyclic) bond motifs is 1. The van der Waals surface area contributed by atoms with E-state index in [4.69, 9.17) is 22.3 Å². The second kappa shape index (κ2) is 5.31. The molecule has 0 atom stereocenters. The highest BCUT2D eigenvalue weighted by Crippen LogP contribution is 2.30. The van der Waals surface area contributed by atoms with E-state index in [1.807, 2.05) is 0 Å². The Morgan fingerprint density at radius 1 is 1.21 bits per heavy atom. The number of benzene rings is 1. The number of carbonyl (C=O) groups is 1. The monoisotopic (exact) mass is 321 g/mol. The maximum Gasteiger partial charge on any atom is 0.262 e. The van der Waals surface area contributed by atoms with E-state index in [1.165, 1.54) is 13.0 Å². The number of hydrogen-bond donors (Lipinski definition) is 0. The first kappa shape index (κ1) is 14.6. The summed E-state index contributed by atoms with van der Waals surface area (Å²) in [7, 11) is 1.50. The molecule has 4 nitrogen and oxygen atoms in total. The normalized spacial score (nSPS) is 15.8. The Morgan fingerprint density at radius 2 is 1.74 bits per heavy atom. The molecule has 0 fully saturated rings. The van der Waals surface area contributed by atoms with Crippen molar-refractivity contribution in [3.8, 4) is 0 Å². The third-order valence-electron chi connectivity index (χ3n) is 3.26. The summed E-state index contributed by atoms with van der Waals surface area (Å²) in [4.78, 5) is 13.1. The molecule has 0 saturated heterocycles. The third kappa shape index (κ3) is 3.22. The summed E-state index contributed by atoms with van der Waals surface area (Å²) >= 11 is 5.95. The van der Waals surface area contributed by atoms with Crippen molar-refractivity contribution in [3.63, 3.8) is 0 Å². The molecule has 0 bridgehead atoms. The van der Waals surface area contributed by atoms with Crippen molar-refractivity contribution in [3.05, 3.63) is 28.3 Å². The minimum Gasteiger partial charge on any atom is -0.342 e. The first-order chi connectivity index (χ1) is 8.79. The fourth-order valence-electron chi connectivity index (χ4n) is 2.23. The van der Waals surface area contributed by atoms with Crippen molar-refractivity contribution in [1.29, 1.82) is 0 Å². The largest absolute Gasteiger partial charge is 0.342 e. The Bertz CT molecular complexity index is 628. The SMILES string of the molecule is CC(=O)N1CCc2cc(Cl)c(S(=O)(=O)Cl)cc2CC1. The van der Waals surface area contributed by atoms with Gasteiger partial charge >= 0.3 is 0 Å². The van der Waals surface area contributed by atoms with Gasteiger partial charge in [0.25, 0.3) is 9.05 Å². The number of nitrogens with zero attached hydrogens (tertiary/aromatic N) is 1. The maximum atomic E-state index is 11.4. The maximum absolute atomic E-state index is 11.4. The van der Waals surface area contributed by atoms with Gasteiger partial charge in [0, 0.05) is 30.7 Å². The second-order valence-electron chi connectivity index (χ2n) is 4.50. The molecule has 0 spiro atoms. The Balaban J connectivity index is 2.41. The number of amides is 1. The van der Waals surface area contributed by atoms with E-state index in [9.17, 15) is 13.2 Å². The average Bonchev–Trinajstić information content (AvgIpc) is 2.48. The molecule has 0 aliphatic carbocycles. The molecule has 104 valence electrons. The standard InChI is InChI=1S/C12H13Cl2NO3S/c1-8(16)15-4-2-9-6-11(13)12(19(14,17)18)7-10(9)3-5-15/h6-7H,2-5H2,1H3. The Kier molecular flexibility index (Phi) is 4.08. The molecule has 0 radical (unpaired) electrons. The summed E-state index contributed by atoms with van der Waals surface area (Å²) in [6, 6.07) is 3.15. The highest BCUT2D eigenvalue weighted by molar-refractivity contribution is 8.13. The zero-order valence-electron chi connectivity index (χ0n) is 10.3. The van der Waals surface area contributed by atoms with Gasteiger partial charge in [0.15, 0.2) is 0 Å². The Labute approximate surface area is 121 Å². The predicted octanol–water partition coefficient (Wildman–Crippen LogP) is 2.21. The molecule has 1 amide bonds. The van der Waals surface area contributed by atoms with Crippen LogP contribution in [0.4, 0.5) is 0 Å². The summed E-state index contributed by atoms with van der Waals surface area (Å²) < 4.78 is 22.8. The van der Waals surface area contributed by atoms with E-state index in [-0.39, 0.29) is 15.8 Å². The quantitative estimate of drug-likeness (QED) is 0.745. The zero-order valence-corrected chi connectivity index (χ0v) is 12.6. The van der Waals surface area contributed by atoms with Gasteiger partial charge < -0.3 is 4.90 Å². The molecule has 7 heteroatoms. The topological polar surface area (TPSA) is 54.5 Å². The van der Waals surface area contributed by atoms with Gasteiger partial charge in [0.1, 0.15) is 4.90 Å². The van der Waals surface area contributed by atoms with Crippen LogP contribution in [0.3, 0.4) is 0 Å². The van der Waals surface area contributed by atoms with Gasteiger partial charge in [-0.1, -0.05) is 11.6 Å². The van der Waals surface area contributed by atoms with Crippen LogP contribution in [0.1, 0.15) is 18.1 Å². The van der Waals surface area contributed by atoms with Gasteiger partial charge in [-0.2, -0.15) is 0 Å². The van der Waals surface area contributed by atoms with E-state index in [2.05, 4.69) is 0 Å². The van der Waals surface area contributed by atoms with Gasteiger partial charge in [0.05, 0.1) is 5.02 Å². The van der Waals surface area contributed by atoms with Crippen LogP contribution in [0.15, 0.2) is 17.0 Å². The lowest BCUT2D eigenvalue weighted by Crippen LogP contribution is -2.30. The van der Waals surface area contributed by atoms with Crippen LogP contribution in [0.5, 0.6) is 0 Å². The van der Waals surface area contributed by atoms with Gasteiger partial charge in [-0.05, 0) is 36.1 Å². The fourth-order valence-corrected chi connectivity index (χ4v) is 3.79. The van der Waals surface area contributed by atoms with E-state index in [1.54, 1.807) is 11.0 Å². The molecule has 0 aromatic heterocycles. The van der Waals surface area contributed by atoms with E-state index >= 15 is 0 Å². The molecule has 0 unspecified atom stereocenters. The van der Waals surface area contributed by atoms with Crippen molar-refractivity contribution in [2.75, 3.05) is 13.1 Å². The summed E-state index contributed by atoms with van der Waals surface area (Å²) in [5, 5.41) is 0.130. The highest BCUT2D eigenvalue weighted by atomic mass is 35.7. The molecule has 1 heterocycles. The van der Waals surface area contributed by atoms with Crippen LogP contribution < -0.4 is 0 Å². The third-order valence-corrected chi connectivity index (χ3v) is 5.05. The van der Waals surface area contributed by atoms with Gasteiger partial charge in [-0.25, -0.2) is 8.42 Å². The van der Waals surface area contributed by atoms with Crippen LogP contribution in [-0.4, -0.2) is 32.3 Å². The highest BCUT2D eigenvalue weighted by Gasteiger charge is 2.21. The molecule has 19 heavy (non-hydrogen) atoms. The molecule has 2 rings (SSSR count). The Morgan fingerprint density at radius 3 is 2.21 bits per heavy atom. The van der Waals surface area contributed by atoms with Crippen molar-refractivity contribution >= 4 is 37.2 Å². The molecule has 0 saturated carbocycles. The minimum atomic E-state index is -3.85. The molecule has 1 aliphatic heterocycles.